The average molecular weight is 194 g/mol. The number of rotatable bonds is 4. The van der Waals surface area contributed by atoms with E-state index in [4.69, 9.17) is 0 Å². The molecule has 0 aromatic heterocycles. The van der Waals surface area contributed by atoms with E-state index in [9.17, 15) is 13.2 Å². The number of hydrogen-bond donors (Lipinski definition) is 0. The molecule has 1 atom stereocenters. The van der Waals surface area contributed by atoms with E-state index in [1.54, 1.807) is 6.92 Å². The SMILES string of the molecule is CCOC(=O)C(C)S(=O)(=O)CC. The van der Waals surface area contributed by atoms with E-state index >= 15 is 0 Å². The fourth-order valence-corrected chi connectivity index (χ4v) is 1.52. The average Bonchev–Trinajstić information content (AvgIpc) is 2.03. The van der Waals surface area contributed by atoms with Gasteiger partial charge < -0.3 is 4.74 Å². The Morgan fingerprint density at radius 3 is 2.25 bits per heavy atom. The maximum atomic E-state index is 11.1. The van der Waals surface area contributed by atoms with Gasteiger partial charge in [0.05, 0.1) is 6.61 Å². The van der Waals surface area contributed by atoms with E-state index in [0.29, 0.717) is 0 Å². The fourth-order valence-electron chi connectivity index (χ4n) is 0.656. The Labute approximate surface area is 72.8 Å². The lowest BCUT2D eigenvalue weighted by Gasteiger charge is -2.09. The zero-order chi connectivity index (χ0) is 9.78. The molecule has 0 saturated carbocycles. The maximum absolute atomic E-state index is 11.1. The topological polar surface area (TPSA) is 60.4 Å². The summed E-state index contributed by atoms with van der Waals surface area (Å²) in [6.07, 6.45) is 0. The summed E-state index contributed by atoms with van der Waals surface area (Å²) in [7, 11) is -3.29. The van der Waals surface area contributed by atoms with Gasteiger partial charge >= 0.3 is 5.97 Å². The van der Waals surface area contributed by atoms with Crippen molar-refractivity contribution in [3.8, 4) is 0 Å². The van der Waals surface area contributed by atoms with Gasteiger partial charge in [0.25, 0.3) is 0 Å². The molecule has 5 heteroatoms. The van der Waals surface area contributed by atoms with Crippen LogP contribution in [0.1, 0.15) is 20.8 Å². The lowest BCUT2D eigenvalue weighted by atomic mass is 10.5. The third-order valence-electron chi connectivity index (χ3n) is 1.56. The minimum Gasteiger partial charge on any atom is -0.465 e. The lowest BCUT2D eigenvalue weighted by Crippen LogP contribution is -2.30. The summed E-state index contributed by atoms with van der Waals surface area (Å²) < 4.78 is 26.8. The zero-order valence-electron chi connectivity index (χ0n) is 7.53. The van der Waals surface area contributed by atoms with Crippen LogP contribution in [0.5, 0.6) is 0 Å². The summed E-state index contributed by atoms with van der Waals surface area (Å²) >= 11 is 0. The largest absolute Gasteiger partial charge is 0.465 e. The number of hydrogen-bond acceptors (Lipinski definition) is 4. The van der Waals surface area contributed by atoms with Crippen molar-refractivity contribution in [3.05, 3.63) is 0 Å². The van der Waals surface area contributed by atoms with Gasteiger partial charge in [0.15, 0.2) is 15.1 Å². The molecular formula is C7H14O4S. The van der Waals surface area contributed by atoms with Crippen LogP contribution < -0.4 is 0 Å². The number of sulfone groups is 1. The zero-order valence-corrected chi connectivity index (χ0v) is 8.35. The molecule has 0 aromatic carbocycles. The summed E-state index contributed by atoms with van der Waals surface area (Å²) in [5.41, 5.74) is 0. The lowest BCUT2D eigenvalue weighted by molar-refractivity contribution is -0.142. The van der Waals surface area contributed by atoms with Gasteiger partial charge in [-0.3, -0.25) is 4.79 Å². The van der Waals surface area contributed by atoms with Gasteiger partial charge in [-0.2, -0.15) is 0 Å². The quantitative estimate of drug-likeness (QED) is 0.607. The minimum atomic E-state index is -3.29. The monoisotopic (exact) mass is 194 g/mol. The van der Waals surface area contributed by atoms with Crippen LogP contribution >= 0.6 is 0 Å². The van der Waals surface area contributed by atoms with Crippen molar-refractivity contribution in [1.29, 1.82) is 0 Å². The molecule has 0 aliphatic rings. The standard InChI is InChI=1S/C7H14O4S/c1-4-11-7(8)6(3)12(9,10)5-2/h6H,4-5H2,1-3H3. The first-order valence-electron chi connectivity index (χ1n) is 3.83. The van der Waals surface area contributed by atoms with E-state index in [1.165, 1.54) is 13.8 Å². The van der Waals surface area contributed by atoms with Gasteiger partial charge in [0.2, 0.25) is 0 Å². The number of carbonyl (C=O) groups is 1. The van der Waals surface area contributed by atoms with Crippen molar-refractivity contribution in [2.24, 2.45) is 0 Å². The second kappa shape index (κ2) is 4.45. The normalized spacial score (nSPS) is 13.9. The van der Waals surface area contributed by atoms with Crippen molar-refractivity contribution in [2.45, 2.75) is 26.0 Å². The first-order valence-corrected chi connectivity index (χ1v) is 5.55. The number of esters is 1. The number of ether oxygens (including phenoxy) is 1. The first kappa shape index (κ1) is 11.4. The Balaban J connectivity index is 4.39. The third kappa shape index (κ3) is 2.81. The fraction of sp³-hybridized carbons (Fsp3) is 0.857. The van der Waals surface area contributed by atoms with E-state index in [0.717, 1.165) is 0 Å². The van der Waals surface area contributed by atoms with Gasteiger partial charge in [-0.1, -0.05) is 6.92 Å². The highest BCUT2D eigenvalue weighted by Gasteiger charge is 2.27. The summed E-state index contributed by atoms with van der Waals surface area (Å²) in [4.78, 5) is 10.9. The molecule has 0 radical (unpaired) electrons. The molecule has 0 heterocycles. The van der Waals surface area contributed by atoms with Crippen molar-refractivity contribution >= 4 is 15.8 Å². The molecule has 0 spiro atoms. The molecule has 0 fully saturated rings. The van der Waals surface area contributed by atoms with Crippen molar-refractivity contribution in [1.82, 2.24) is 0 Å². The van der Waals surface area contributed by atoms with E-state index in [1.807, 2.05) is 0 Å². The Kier molecular flexibility index (Phi) is 4.23. The molecule has 0 rings (SSSR count). The molecule has 0 amide bonds. The van der Waals surface area contributed by atoms with Crippen LogP contribution in [0.25, 0.3) is 0 Å². The minimum absolute atomic E-state index is 0.0347. The molecular weight excluding hydrogens is 180 g/mol. The Bertz CT molecular complexity index is 242. The number of carbonyl (C=O) groups excluding carboxylic acids is 1. The highest BCUT2D eigenvalue weighted by Crippen LogP contribution is 2.03. The second-order valence-electron chi connectivity index (χ2n) is 2.35. The Morgan fingerprint density at radius 1 is 1.42 bits per heavy atom. The first-order chi connectivity index (χ1) is 5.45. The maximum Gasteiger partial charge on any atom is 0.324 e. The molecule has 72 valence electrons. The Morgan fingerprint density at radius 2 is 1.92 bits per heavy atom. The van der Waals surface area contributed by atoms with Gasteiger partial charge in [-0.25, -0.2) is 8.42 Å². The van der Waals surface area contributed by atoms with Crippen LogP contribution in [0.15, 0.2) is 0 Å². The van der Waals surface area contributed by atoms with Crippen LogP contribution in [0.3, 0.4) is 0 Å². The summed E-state index contributed by atoms with van der Waals surface area (Å²) in [6, 6.07) is 0. The summed E-state index contributed by atoms with van der Waals surface area (Å²) in [5.74, 6) is -0.702. The van der Waals surface area contributed by atoms with Gasteiger partial charge in [-0.15, -0.1) is 0 Å². The molecule has 12 heavy (non-hydrogen) atoms. The van der Waals surface area contributed by atoms with Crippen LogP contribution in [-0.4, -0.2) is 32.0 Å². The summed E-state index contributed by atoms with van der Waals surface area (Å²) in [5, 5.41) is -1.04. The molecule has 0 aromatic rings. The predicted molar refractivity (Wildman–Crippen MR) is 45.6 cm³/mol. The van der Waals surface area contributed by atoms with Gasteiger partial charge in [-0.05, 0) is 13.8 Å². The van der Waals surface area contributed by atoms with Crippen molar-refractivity contribution in [3.63, 3.8) is 0 Å². The highest BCUT2D eigenvalue weighted by molar-refractivity contribution is 7.92. The third-order valence-corrected chi connectivity index (χ3v) is 3.63. The van der Waals surface area contributed by atoms with Crippen LogP contribution in [0.4, 0.5) is 0 Å². The predicted octanol–water partition coefficient (Wildman–Crippen LogP) is 0.373. The summed E-state index contributed by atoms with van der Waals surface area (Å²) in [6.45, 7) is 4.70. The molecule has 0 aliphatic heterocycles. The molecule has 1 unspecified atom stereocenters. The second-order valence-corrected chi connectivity index (χ2v) is 4.96. The van der Waals surface area contributed by atoms with Crippen LogP contribution in [0.2, 0.25) is 0 Å². The molecule has 0 bridgehead atoms. The molecule has 0 aliphatic carbocycles. The molecule has 0 N–H and O–H groups in total. The Hall–Kier alpha value is -0.580. The van der Waals surface area contributed by atoms with Gasteiger partial charge in [0.1, 0.15) is 0 Å². The highest BCUT2D eigenvalue weighted by atomic mass is 32.2. The van der Waals surface area contributed by atoms with Crippen LogP contribution in [0, 0.1) is 0 Å². The van der Waals surface area contributed by atoms with Crippen molar-refractivity contribution in [2.75, 3.05) is 12.4 Å². The molecule has 4 nitrogen and oxygen atoms in total. The van der Waals surface area contributed by atoms with E-state index in [-0.39, 0.29) is 12.4 Å². The van der Waals surface area contributed by atoms with Crippen LogP contribution in [-0.2, 0) is 19.4 Å². The van der Waals surface area contributed by atoms with Crippen molar-refractivity contribution < 1.29 is 17.9 Å². The van der Waals surface area contributed by atoms with E-state index < -0.39 is 21.1 Å². The molecule has 0 saturated heterocycles. The smallest absolute Gasteiger partial charge is 0.324 e. The van der Waals surface area contributed by atoms with Gasteiger partial charge in [0, 0.05) is 5.75 Å². The van der Waals surface area contributed by atoms with E-state index in [2.05, 4.69) is 4.74 Å².